The molecule has 0 spiro atoms. The third kappa shape index (κ3) is 3.88. The zero-order chi connectivity index (χ0) is 14.7. The van der Waals surface area contributed by atoms with E-state index < -0.39 is 6.10 Å². The number of carbonyl (C=O) groups excluding carboxylic acids is 1. The van der Waals surface area contributed by atoms with E-state index >= 15 is 0 Å². The van der Waals surface area contributed by atoms with Crippen LogP contribution in [0.2, 0.25) is 0 Å². The van der Waals surface area contributed by atoms with Crippen LogP contribution in [0.3, 0.4) is 0 Å². The van der Waals surface area contributed by atoms with Gasteiger partial charge in [-0.15, -0.1) is 11.3 Å². The van der Waals surface area contributed by atoms with Gasteiger partial charge in [0.05, 0.1) is 16.8 Å². The Hall–Kier alpha value is -1.24. The van der Waals surface area contributed by atoms with E-state index in [2.05, 4.69) is 4.98 Å². The number of nitrogens with zero attached hydrogens (tertiary/aromatic N) is 3. The number of aliphatic hydroxyl groups is 1. The molecule has 110 valence electrons. The molecule has 1 saturated heterocycles. The zero-order valence-electron chi connectivity index (χ0n) is 12.1. The summed E-state index contributed by atoms with van der Waals surface area (Å²) in [6, 6.07) is 0.0781. The van der Waals surface area contributed by atoms with Gasteiger partial charge in [-0.05, 0) is 33.5 Å². The number of likely N-dealkylation sites (N-methyl/N-ethyl adjacent to an activating group) is 1. The molecule has 0 aliphatic carbocycles. The molecule has 2 rings (SSSR count). The second kappa shape index (κ2) is 6.47. The Balaban J connectivity index is 2.01. The number of thiazole rings is 1. The molecule has 2 heterocycles. The lowest BCUT2D eigenvalue weighted by atomic mass is 10.2. The molecule has 1 aliphatic rings. The first-order valence-electron chi connectivity index (χ1n) is 6.69. The number of hydrogen-bond acceptors (Lipinski definition) is 5. The number of aryl methyl sites for hydroxylation is 1. The Morgan fingerprint density at radius 3 is 3.00 bits per heavy atom. The highest BCUT2D eigenvalue weighted by Gasteiger charge is 2.33. The second-order valence-corrected chi connectivity index (χ2v) is 6.48. The van der Waals surface area contributed by atoms with Crippen LogP contribution < -0.4 is 0 Å². The second-order valence-electron chi connectivity index (χ2n) is 5.42. The monoisotopic (exact) mass is 295 g/mol. The predicted octanol–water partition coefficient (Wildman–Crippen LogP) is 0.988. The Morgan fingerprint density at radius 2 is 2.40 bits per heavy atom. The summed E-state index contributed by atoms with van der Waals surface area (Å²) in [5.74, 6) is -0.0564. The van der Waals surface area contributed by atoms with Crippen LogP contribution in [0.1, 0.15) is 17.1 Å². The molecule has 2 atom stereocenters. The van der Waals surface area contributed by atoms with Crippen molar-refractivity contribution < 1.29 is 9.90 Å². The minimum atomic E-state index is -0.418. The van der Waals surface area contributed by atoms with E-state index in [0.717, 1.165) is 17.2 Å². The van der Waals surface area contributed by atoms with Gasteiger partial charge in [-0.1, -0.05) is 0 Å². The van der Waals surface area contributed by atoms with Gasteiger partial charge < -0.3 is 14.9 Å². The summed E-state index contributed by atoms with van der Waals surface area (Å²) in [7, 11) is 3.95. The van der Waals surface area contributed by atoms with Gasteiger partial charge in [0.2, 0.25) is 5.91 Å². The quantitative estimate of drug-likeness (QED) is 0.842. The smallest absolute Gasteiger partial charge is 0.247 e. The molecule has 0 radical (unpaired) electrons. The van der Waals surface area contributed by atoms with Gasteiger partial charge >= 0.3 is 0 Å². The van der Waals surface area contributed by atoms with E-state index in [1.165, 1.54) is 0 Å². The van der Waals surface area contributed by atoms with Gasteiger partial charge in [0.25, 0.3) is 0 Å². The minimum absolute atomic E-state index is 0.0564. The molecule has 1 aromatic rings. The number of carbonyl (C=O) groups is 1. The topological polar surface area (TPSA) is 56.7 Å². The molecular formula is C14H21N3O2S. The summed E-state index contributed by atoms with van der Waals surface area (Å²) in [6.45, 7) is 3.12. The average Bonchev–Trinajstić information content (AvgIpc) is 2.92. The van der Waals surface area contributed by atoms with E-state index in [4.69, 9.17) is 0 Å². The molecule has 1 N–H and O–H groups in total. The lowest BCUT2D eigenvalue weighted by Gasteiger charge is -2.25. The lowest BCUT2D eigenvalue weighted by molar-refractivity contribution is -0.127. The van der Waals surface area contributed by atoms with Crippen LogP contribution in [-0.2, 0) is 4.79 Å². The first-order valence-corrected chi connectivity index (χ1v) is 7.57. The Kier molecular flexibility index (Phi) is 4.91. The van der Waals surface area contributed by atoms with Crippen LogP contribution in [0.4, 0.5) is 0 Å². The van der Waals surface area contributed by atoms with Crippen LogP contribution >= 0.6 is 11.3 Å². The number of hydrogen-bond donors (Lipinski definition) is 1. The number of likely N-dealkylation sites (tertiary alicyclic amines) is 1. The normalized spacial score (nSPS) is 23.1. The molecule has 20 heavy (non-hydrogen) atoms. The number of aliphatic hydroxyl groups excluding tert-OH is 1. The van der Waals surface area contributed by atoms with Crippen molar-refractivity contribution in [3.05, 3.63) is 22.2 Å². The Labute approximate surface area is 123 Å². The summed E-state index contributed by atoms with van der Waals surface area (Å²) >= 11 is 1.56. The summed E-state index contributed by atoms with van der Waals surface area (Å²) in [5, 5.41) is 12.7. The molecular weight excluding hydrogens is 274 g/mol. The van der Waals surface area contributed by atoms with Gasteiger partial charge in [-0.2, -0.15) is 0 Å². The van der Waals surface area contributed by atoms with Crippen molar-refractivity contribution in [2.24, 2.45) is 0 Å². The van der Waals surface area contributed by atoms with Gasteiger partial charge in [0.15, 0.2) is 0 Å². The molecule has 1 fully saturated rings. The van der Waals surface area contributed by atoms with Gasteiger partial charge in [-0.25, -0.2) is 4.98 Å². The van der Waals surface area contributed by atoms with Gasteiger partial charge in [0, 0.05) is 30.6 Å². The molecule has 1 aromatic heterocycles. The van der Waals surface area contributed by atoms with Crippen molar-refractivity contribution in [2.45, 2.75) is 25.5 Å². The summed E-state index contributed by atoms with van der Waals surface area (Å²) in [5.41, 5.74) is 0.810. The van der Waals surface area contributed by atoms with E-state index in [-0.39, 0.29) is 11.9 Å². The van der Waals surface area contributed by atoms with Crippen LogP contribution in [-0.4, -0.2) is 65.1 Å². The van der Waals surface area contributed by atoms with Crippen molar-refractivity contribution in [3.8, 4) is 0 Å². The third-order valence-electron chi connectivity index (χ3n) is 3.28. The molecule has 1 aliphatic heterocycles. The fourth-order valence-corrected chi connectivity index (χ4v) is 3.05. The first kappa shape index (κ1) is 15.2. The maximum atomic E-state index is 12.2. The van der Waals surface area contributed by atoms with Crippen LogP contribution in [0.25, 0.3) is 6.08 Å². The van der Waals surface area contributed by atoms with Crippen molar-refractivity contribution in [3.63, 3.8) is 0 Å². The predicted molar refractivity (Wildman–Crippen MR) is 80.6 cm³/mol. The SMILES string of the molecule is Cc1nc(C=CC(=O)N2CC(O)CC2CN(C)C)cs1. The van der Waals surface area contributed by atoms with E-state index in [0.29, 0.717) is 13.0 Å². The maximum absolute atomic E-state index is 12.2. The van der Waals surface area contributed by atoms with E-state index in [9.17, 15) is 9.90 Å². The Morgan fingerprint density at radius 1 is 1.65 bits per heavy atom. The van der Waals surface area contributed by atoms with E-state index in [1.807, 2.05) is 31.3 Å². The lowest BCUT2D eigenvalue weighted by Crippen LogP contribution is -2.40. The highest BCUT2D eigenvalue weighted by atomic mass is 32.1. The van der Waals surface area contributed by atoms with Crippen molar-refractivity contribution in [1.82, 2.24) is 14.8 Å². The highest BCUT2D eigenvalue weighted by Crippen LogP contribution is 2.19. The van der Waals surface area contributed by atoms with Crippen molar-refractivity contribution in [2.75, 3.05) is 27.2 Å². The molecule has 2 unspecified atom stereocenters. The molecule has 0 aromatic carbocycles. The average molecular weight is 295 g/mol. The summed E-state index contributed by atoms with van der Waals surface area (Å²) in [6.07, 6.45) is 3.52. The summed E-state index contributed by atoms with van der Waals surface area (Å²) in [4.78, 5) is 20.3. The largest absolute Gasteiger partial charge is 0.391 e. The molecule has 6 heteroatoms. The van der Waals surface area contributed by atoms with Gasteiger partial charge in [-0.3, -0.25) is 4.79 Å². The highest BCUT2D eigenvalue weighted by molar-refractivity contribution is 7.09. The molecule has 5 nitrogen and oxygen atoms in total. The Bertz CT molecular complexity index is 498. The molecule has 0 saturated carbocycles. The number of aromatic nitrogens is 1. The fourth-order valence-electron chi connectivity index (χ4n) is 2.47. The number of amides is 1. The summed E-state index contributed by atoms with van der Waals surface area (Å²) < 4.78 is 0. The fraction of sp³-hybridized carbons (Fsp3) is 0.571. The molecule has 0 bridgehead atoms. The van der Waals surface area contributed by atoms with Gasteiger partial charge in [0.1, 0.15) is 0 Å². The molecule has 1 amide bonds. The standard InChI is InChI=1S/C14H21N3O2S/c1-10-15-11(9-20-10)4-5-14(19)17-8-13(18)6-12(17)7-16(2)3/h4-5,9,12-13,18H,6-8H2,1-3H3. The number of rotatable bonds is 4. The van der Waals surface area contributed by atoms with Crippen molar-refractivity contribution in [1.29, 1.82) is 0 Å². The van der Waals surface area contributed by atoms with Crippen LogP contribution in [0.15, 0.2) is 11.5 Å². The number of β-amino-alcohol motifs (C(OH)–C–C–N with tert-alkyl or cyclic N) is 1. The minimum Gasteiger partial charge on any atom is -0.391 e. The zero-order valence-corrected chi connectivity index (χ0v) is 12.9. The van der Waals surface area contributed by atoms with E-state index in [1.54, 1.807) is 28.4 Å². The van der Waals surface area contributed by atoms with Crippen molar-refractivity contribution >= 4 is 23.3 Å². The van der Waals surface area contributed by atoms with Crippen LogP contribution in [0.5, 0.6) is 0 Å². The maximum Gasteiger partial charge on any atom is 0.247 e. The third-order valence-corrected chi connectivity index (χ3v) is 4.08. The first-order chi connectivity index (χ1) is 9.45. The van der Waals surface area contributed by atoms with Crippen LogP contribution in [0, 0.1) is 6.92 Å².